The van der Waals surface area contributed by atoms with Crippen LogP contribution in [-0.2, 0) is 4.79 Å². The summed E-state index contributed by atoms with van der Waals surface area (Å²) in [4.78, 5) is 14.0. The molecule has 0 aromatic heterocycles. The van der Waals surface area contributed by atoms with Crippen LogP contribution in [0.25, 0.3) is 0 Å². The summed E-state index contributed by atoms with van der Waals surface area (Å²) < 4.78 is 0. The highest BCUT2D eigenvalue weighted by molar-refractivity contribution is 5.78. The summed E-state index contributed by atoms with van der Waals surface area (Å²) >= 11 is 0. The van der Waals surface area contributed by atoms with Gasteiger partial charge in [0.2, 0.25) is 5.91 Å². The topological polar surface area (TPSA) is 58.4 Å². The number of likely N-dealkylation sites (tertiary alicyclic amines) is 1. The molecule has 1 aliphatic heterocycles. The first-order valence-corrected chi connectivity index (χ1v) is 6.23. The molecule has 1 rings (SSSR count). The van der Waals surface area contributed by atoms with Crippen molar-refractivity contribution < 1.29 is 4.79 Å². The molecule has 16 heavy (non-hydrogen) atoms. The minimum atomic E-state index is -0.0714. The molecule has 3 N–H and O–H groups in total. The summed E-state index contributed by atoms with van der Waals surface area (Å²) in [5.74, 6) is 5.78. The Hall–Kier alpha value is -0.610. The lowest BCUT2D eigenvalue weighted by molar-refractivity contribution is -0.127. The lowest BCUT2D eigenvalue weighted by Gasteiger charge is -2.42. The molecule has 1 heterocycles. The van der Waals surface area contributed by atoms with E-state index in [-0.39, 0.29) is 17.9 Å². The molecule has 4 atom stereocenters. The van der Waals surface area contributed by atoms with Gasteiger partial charge in [-0.05, 0) is 32.6 Å². The first kappa shape index (κ1) is 13.5. The third-order valence-electron chi connectivity index (χ3n) is 3.97. The van der Waals surface area contributed by atoms with E-state index in [1.54, 1.807) is 0 Å². The Labute approximate surface area is 98.5 Å². The Kier molecular flexibility index (Phi) is 4.74. The quantitative estimate of drug-likeness (QED) is 0.431. The third-order valence-corrected chi connectivity index (χ3v) is 3.97. The molecule has 0 radical (unpaired) electrons. The van der Waals surface area contributed by atoms with Crippen molar-refractivity contribution in [3.63, 3.8) is 0 Å². The van der Waals surface area contributed by atoms with Gasteiger partial charge in [-0.25, -0.2) is 5.84 Å². The summed E-state index contributed by atoms with van der Waals surface area (Å²) in [6, 6.07) is 0.820. The highest BCUT2D eigenvalue weighted by atomic mass is 16.2. The van der Waals surface area contributed by atoms with Gasteiger partial charge >= 0.3 is 0 Å². The van der Waals surface area contributed by atoms with Crippen LogP contribution in [0.4, 0.5) is 0 Å². The van der Waals surface area contributed by atoms with Crippen molar-refractivity contribution in [2.45, 2.75) is 52.6 Å². The normalized spacial score (nSPS) is 30.8. The maximum absolute atomic E-state index is 11.5. The summed E-state index contributed by atoms with van der Waals surface area (Å²) in [5.41, 5.74) is 2.25. The Morgan fingerprint density at radius 2 is 2.00 bits per heavy atom. The number of rotatable bonds is 3. The highest BCUT2D eigenvalue weighted by Crippen LogP contribution is 2.25. The van der Waals surface area contributed by atoms with Gasteiger partial charge in [-0.2, -0.15) is 0 Å². The summed E-state index contributed by atoms with van der Waals surface area (Å²) in [6.07, 6.45) is 2.52. The van der Waals surface area contributed by atoms with Gasteiger partial charge in [-0.1, -0.05) is 13.8 Å². The van der Waals surface area contributed by atoms with Crippen LogP contribution in [-0.4, -0.2) is 29.4 Å². The Morgan fingerprint density at radius 3 is 2.56 bits per heavy atom. The molecule has 4 unspecified atom stereocenters. The molecular formula is C12H25N3O. The van der Waals surface area contributed by atoms with Gasteiger partial charge in [0.25, 0.3) is 0 Å². The number of hydrogen-bond acceptors (Lipinski definition) is 3. The van der Waals surface area contributed by atoms with Crippen molar-refractivity contribution in [2.24, 2.45) is 17.7 Å². The zero-order chi connectivity index (χ0) is 12.3. The van der Waals surface area contributed by atoms with Crippen LogP contribution in [0.2, 0.25) is 0 Å². The highest BCUT2D eigenvalue weighted by Gasteiger charge is 2.31. The SMILES string of the molecule is CC1CCC(C)N(C(C)C(C)C(=O)NN)C1. The number of nitrogens with zero attached hydrogens (tertiary/aromatic N) is 1. The first-order chi connectivity index (χ1) is 7.47. The Balaban J connectivity index is 2.63. The number of piperidine rings is 1. The standard InChI is InChI=1S/C12H25N3O/c1-8-5-6-9(2)15(7-8)11(4)10(3)12(16)14-13/h8-11H,5-7,13H2,1-4H3,(H,14,16). The van der Waals surface area contributed by atoms with Gasteiger partial charge in [0.1, 0.15) is 0 Å². The van der Waals surface area contributed by atoms with Crippen LogP contribution in [0.15, 0.2) is 0 Å². The van der Waals surface area contributed by atoms with E-state index in [0.29, 0.717) is 6.04 Å². The van der Waals surface area contributed by atoms with E-state index >= 15 is 0 Å². The largest absolute Gasteiger partial charge is 0.297 e. The molecule has 1 aliphatic rings. The zero-order valence-corrected chi connectivity index (χ0v) is 10.9. The fourth-order valence-corrected chi connectivity index (χ4v) is 2.53. The van der Waals surface area contributed by atoms with E-state index in [1.807, 2.05) is 6.92 Å². The number of carbonyl (C=O) groups is 1. The van der Waals surface area contributed by atoms with Gasteiger partial charge < -0.3 is 0 Å². The molecule has 0 aromatic rings. The minimum absolute atomic E-state index is 0.0576. The Morgan fingerprint density at radius 1 is 1.38 bits per heavy atom. The average Bonchev–Trinajstić information content (AvgIpc) is 2.29. The molecule has 4 nitrogen and oxygen atoms in total. The van der Waals surface area contributed by atoms with E-state index in [2.05, 4.69) is 31.1 Å². The molecular weight excluding hydrogens is 202 g/mol. The van der Waals surface area contributed by atoms with Crippen molar-refractivity contribution >= 4 is 5.91 Å². The van der Waals surface area contributed by atoms with Crippen LogP contribution >= 0.6 is 0 Å². The van der Waals surface area contributed by atoms with Crippen molar-refractivity contribution in [1.29, 1.82) is 0 Å². The molecule has 94 valence electrons. The number of nitrogens with one attached hydrogen (secondary N) is 1. The van der Waals surface area contributed by atoms with E-state index in [9.17, 15) is 4.79 Å². The van der Waals surface area contributed by atoms with Gasteiger partial charge in [-0.15, -0.1) is 0 Å². The van der Waals surface area contributed by atoms with Gasteiger partial charge in [0.15, 0.2) is 0 Å². The second-order valence-electron chi connectivity index (χ2n) is 5.27. The number of nitrogens with two attached hydrogens (primary N) is 1. The molecule has 1 fully saturated rings. The monoisotopic (exact) mass is 227 g/mol. The van der Waals surface area contributed by atoms with Crippen molar-refractivity contribution in [1.82, 2.24) is 10.3 Å². The van der Waals surface area contributed by atoms with Crippen LogP contribution in [0.3, 0.4) is 0 Å². The minimum Gasteiger partial charge on any atom is -0.297 e. The van der Waals surface area contributed by atoms with Crippen molar-refractivity contribution in [2.75, 3.05) is 6.54 Å². The second kappa shape index (κ2) is 5.64. The van der Waals surface area contributed by atoms with Crippen LogP contribution in [0.5, 0.6) is 0 Å². The molecule has 0 aliphatic carbocycles. The fraction of sp³-hybridized carbons (Fsp3) is 0.917. The summed E-state index contributed by atoms with van der Waals surface area (Å²) in [7, 11) is 0. The fourth-order valence-electron chi connectivity index (χ4n) is 2.53. The number of amides is 1. The molecule has 0 saturated carbocycles. The van der Waals surface area contributed by atoms with E-state index in [4.69, 9.17) is 5.84 Å². The van der Waals surface area contributed by atoms with Crippen molar-refractivity contribution in [3.8, 4) is 0 Å². The molecule has 4 heteroatoms. The lowest BCUT2D eigenvalue weighted by atomic mass is 9.90. The molecule has 0 aromatic carbocycles. The second-order valence-corrected chi connectivity index (χ2v) is 5.27. The van der Waals surface area contributed by atoms with E-state index in [0.717, 1.165) is 12.5 Å². The molecule has 1 amide bonds. The first-order valence-electron chi connectivity index (χ1n) is 6.23. The number of hydrogen-bond donors (Lipinski definition) is 2. The lowest BCUT2D eigenvalue weighted by Crippen LogP contribution is -2.52. The molecule has 1 saturated heterocycles. The van der Waals surface area contributed by atoms with Gasteiger partial charge in [0, 0.05) is 18.6 Å². The Bertz CT molecular complexity index is 244. The predicted molar refractivity (Wildman–Crippen MR) is 65.5 cm³/mol. The predicted octanol–water partition coefficient (Wildman–Crippen LogP) is 1.12. The summed E-state index contributed by atoms with van der Waals surface area (Å²) in [6.45, 7) is 9.67. The average molecular weight is 227 g/mol. The number of carbonyl (C=O) groups excluding carboxylic acids is 1. The molecule has 0 spiro atoms. The van der Waals surface area contributed by atoms with Crippen LogP contribution in [0, 0.1) is 11.8 Å². The zero-order valence-electron chi connectivity index (χ0n) is 10.9. The maximum Gasteiger partial charge on any atom is 0.238 e. The van der Waals surface area contributed by atoms with Gasteiger partial charge in [0.05, 0.1) is 5.92 Å². The smallest absolute Gasteiger partial charge is 0.238 e. The van der Waals surface area contributed by atoms with E-state index in [1.165, 1.54) is 12.8 Å². The molecule has 0 bridgehead atoms. The maximum atomic E-state index is 11.5. The number of hydrazine groups is 1. The van der Waals surface area contributed by atoms with Crippen molar-refractivity contribution in [3.05, 3.63) is 0 Å². The van der Waals surface area contributed by atoms with Crippen LogP contribution in [0.1, 0.15) is 40.5 Å². The third kappa shape index (κ3) is 2.95. The van der Waals surface area contributed by atoms with Gasteiger partial charge in [-0.3, -0.25) is 15.1 Å². The van der Waals surface area contributed by atoms with Crippen LogP contribution < -0.4 is 11.3 Å². The summed E-state index contributed by atoms with van der Waals surface area (Å²) in [5, 5.41) is 0. The van der Waals surface area contributed by atoms with E-state index < -0.39 is 0 Å².